The summed E-state index contributed by atoms with van der Waals surface area (Å²) in [6.45, 7) is 0.820. The van der Waals surface area contributed by atoms with E-state index in [1.807, 2.05) is 24.3 Å². The van der Waals surface area contributed by atoms with Crippen molar-refractivity contribution in [2.24, 2.45) is 0 Å². The minimum absolute atomic E-state index is 0.194. The van der Waals surface area contributed by atoms with E-state index in [1.165, 1.54) is 6.26 Å². The molecule has 0 radical (unpaired) electrons. The molecule has 0 saturated carbocycles. The largest absolute Gasteiger partial charge is 0.459 e. The Bertz CT molecular complexity index is 1010. The van der Waals surface area contributed by atoms with Crippen LogP contribution in [0.25, 0.3) is 0 Å². The third kappa shape index (κ3) is 5.11. The number of benzene rings is 2. The quantitative estimate of drug-likeness (QED) is 0.521. The van der Waals surface area contributed by atoms with Crippen LogP contribution in [0, 0.1) is 0 Å². The SMILES string of the molecule is O=C(Nc1cccc(NC(=O)c2ccccc2SC[C@@H]2CCCO2)c1)c1ccco1. The fourth-order valence-corrected chi connectivity index (χ4v) is 4.33. The van der Waals surface area contributed by atoms with Gasteiger partial charge in [0.1, 0.15) is 0 Å². The maximum absolute atomic E-state index is 12.9. The summed E-state index contributed by atoms with van der Waals surface area (Å²) in [4.78, 5) is 26.0. The summed E-state index contributed by atoms with van der Waals surface area (Å²) in [5, 5.41) is 5.68. The van der Waals surface area contributed by atoms with Crippen molar-refractivity contribution in [3.05, 3.63) is 78.3 Å². The lowest BCUT2D eigenvalue weighted by Gasteiger charge is -2.13. The highest BCUT2D eigenvalue weighted by Crippen LogP contribution is 2.27. The van der Waals surface area contributed by atoms with E-state index in [4.69, 9.17) is 9.15 Å². The number of nitrogens with one attached hydrogen (secondary N) is 2. The molecule has 1 atom stereocenters. The van der Waals surface area contributed by atoms with Crippen LogP contribution >= 0.6 is 11.8 Å². The van der Waals surface area contributed by atoms with E-state index in [0.29, 0.717) is 16.9 Å². The van der Waals surface area contributed by atoms with Crippen molar-refractivity contribution in [3.8, 4) is 0 Å². The fourth-order valence-electron chi connectivity index (χ4n) is 3.21. The first-order chi connectivity index (χ1) is 14.7. The standard InChI is InChI=1S/C23H22N2O4S/c26-22(19-9-1-2-11-21(19)30-15-18-8-4-12-28-18)24-16-6-3-7-17(14-16)25-23(27)20-10-5-13-29-20/h1-3,5-7,9-11,13-14,18H,4,8,12,15H2,(H,24,26)(H,25,27)/t18-/m0/s1. The Kier molecular flexibility index (Phi) is 6.51. The van der Waals surface area contributed by atoms with Gasteiger partial charge in [-0.05, 0) is 55.3 Å². The second-order valence-electron chi connectivity index (χ2n) is 6.91. The second-order valence-corrected chi connectivity index (χ2v) is 7.97. The van der Waals surface area contributed by atoms with E-state index in [-0.39, 0.29) is 23.7 Å². The molecule has 2 heterocycles. The van der Waals surface area contributed by atoms with Gasteiger partial charge in [0.05, 0.1) is 17.9 Å². The van der Waals surface area contributed by atoms with E-state index in [9.17, 15) is 9.59 Å². The lowest BCUT2D eigenvalue weighted by atomic mass is 10.2. The van der Waals surface area contributed by atoms with Gasteiger partial charge in [-0.3, -0.25) is 9.59 Å². The Morgan fingerprint density at radius 2 is 1.77 bits per heavy atom. The topological polar surface area (TPSA) is 80.6 Å². The lowest BCUT2D eigenvalue weighted by Crippen LogP contribution is -2.15. The number of amides is 2. The summed E-state index contributed by atoms with van der Waals surface area (Å²) in [7, 11) is 0. The minimum Gasteiger partial charge on any atom is -0.459 e. The highest BCUT2D eigenvalue weighted by Gasteiger charge is 2.18. The molecule has 7 heteroatoms. The number of anilines is 2. The monoisotopic (exact) mass is 422 g/mol. The summed E-state index contributed by atoms with van der Waals surface area (Å²) < 4.78 is 10.8. The molecule has 1 aliphatic heterocycles. The predicted octanol–water partition coefficient (Wildman–Crippen LogP) is 5.06. The fraction of sp³-hybridized carbons (Fsp3) is 0.217. The van der Waals surface area contributed by atoms with Crippen LogP contribution in [0.3, 0.4) is 0 Å². The van der Waals surface area contributed by atoms with E-state index in [2.05, 4.69) is 10.6 Å². The zero-order chi connectivity index (χ0) is 20.8. The van der Waals surface area contributed by atoms with E-state index >= 15 is 0 Å². The molecule has 1 fully saturated rings. The van der Waals surface area contributed by atoms with Gasteiger partial charge in [-0.2, -0.15) is 0 Å². The average molecular weight is 423 g/mol. The smallest absolute Gasteiger partial charge is 0.291 e. The van der Waals surface area contributed by atoms with Crippen LogP contribution < -0.4 is 10.6 Å². The number of carbonyl (C=O) groups excluding carboxylic acids is 2. The van der Waals surface area contributed by atoms with E-state index in [1.54, 1.807) is 48.2 Å². The molecular formula is C23H22N2O4S. The Labute approximate surface area is 179 Å². The number of hydrogen-bond acceptors (Lipinski definition) is 5. The van der Waals surface area contributed by atoms with Crippen molar-refractivity contribution in [2.75, 3.05) is 23.0 Å². The first-order valence-electron chi connectivity index (χ1n) is 9.79. The van der Waals surface area contributed by atoms with Crippen molar-refractivity contribution < 1.29 is 18.7 Å². The summed E-state index contributed by atoms with van der Waals surface area (Å²) in [5.41, 5.74) is 1.77. The average Bonchev–Trinajstić information content (AvgIpc) is 3.47. The first-order valence-corrected chi connectivity index (χ1v) is 10.8. The van der Waals surface area contributed by atoms with E-state index < -0.39 is 0 Å². The first kappa shape index (κ1) is 20.3. The van der Waals surface area contributed by atoms with Gasteiger partial charge in [-0.1, -0.05) is 18.2 Å². The second kappa shape index (κ2) is 9.65. The number of carbonyl (C=O) groups is 2. The lowest BCUT2D eigenvalue weighted by molar-refractivity contribution is 0.0994. The van der Waals surface area contributed by atoms with Gasteiger partial charge in [-0.25, -0.2) is 0 Å². The molecule has 2 aromatic carbocycles. The zero-order valence-electron chi connectivity index (χ0n) is 16.3. The zero-order valence-corrected chi connectivity index (χ0v) is 17.1. The molecule has 30 heavy (non-hydrogen) atoms. The van der Waals surface area contributed by atoms with Gasteiger partial charge in [0, 0.05) is 28.6 Å². The molecule has 1 aliphatic rings. The number of furan rings is 1. The van der Waals surface area contributed by atoms with Crippen molar-refractivity contribution in [1.29, 1.82) is 0 Å². The van der Waals surface area contributed by atoms with Gasteiger partial charge in [-0.15, -0.1) is 11.8 Å². The molecule has 0 spiro atoms. The summed E-state index contributed by atoms with van der Waals surface area (Å²) >= 11 is 1.64. The minimum atomic E-state index is -0.348. The molecule has 0 unspecified atom stereocenters. The molecule has 0 bridgehead atoms. The third-order valence-corrected chi connectivity index (χ3v) is 5.91. The molecule has 1 aromatic heterocycles. The molecule has 2 amide bonds. The summed E-state index contributed by atoms with van der Waals surface area (Å²) in [6.07, 6.45) is 3.86. The molecule has 2 N–H and O–H groups in total. The number of ether oxygens (including phenoxy) is 1. The number of hydrogen-bond donors (Lipinski definition) is 2. The van der Waals surface area contributed by atoms with Crippen molar-refractivity contribution in [2.45, 2.75) is 23.8 Å². The molecule has 4 rings (SSSR count). The van der Waals surface area contributed by atoms with Crippen LogP contribution in [0.4, 0.5) is 11.4 Å². The normalized spacial score (nSPS) is 15.7. The van der Waals surface area contributed by atoms with Crippen LogP contribution in [0.15, 0.2) is 76.2 Å². The molecule has 6 nitrogen and oxygen atoms in total. The maximum Gasteiger partial charge on any atom is 0.291 e. The summed E-state index contributed by atoms with van der Waals surface area (Å²) in [6, 6.07) is 17.8. The maximum atomic E-state index is 12.9. The Balaban J connectivity index is 1.42. The van der Waals surface area contributed by atoms with Crippen LogP contribution in [0.1, 0.15) is 33.8 Å². The Morgan fingerprint density at radius 3 is 2.50 bits per heavy atom. The number of rotatable bonds is 7. The summed E-state index contributed by atoms with van der Waals surface area (Å²) in [5.74, 6) is 0.513. The van der Waals surface area contributed by atoms with Crippen LogP contribution in [-0.4, -0.2) is 30.3 Å². The Hall–Kier alpha value is -3.03. The van der Waals surface area contributed by atoms with E-state index in [0.717, 1.165) is 30.1 Å². The van der Waals surface area contributed by atoms with Crippen LogP contribution in [-0.2, 0) is 4.74 Å². The highest BCUT2D eigenvalue weighted by molar-refractivity contribution is 7.99. The van der Waals surface area contributed by atoms with Gasteiger partial charge in [0.25, 0.3) is 11.8 Å². The van der Waals surface area contributed by atoms with Gasteiger partial charge >= 0.3 is 0 Å². The number of thioether (sulfide) groups is 1. The van der Waals surface area contributed by atoms with Crippen molar-refractivity contribution >= 4 is 35.0 Å². The van der Waals surface area contributed by atoms with Crippen LogP contribution in [0.5, 0.6) is 0 Å². The third-order valence-electron chi connectivity index (χ3n) is 4.70. The van der Waals surface area contributed by atoms with Crippen molar-refractivity contribution in [3.63, 3.8) is 0 Å². The molecular weight excluding hydrogens is 400 g/mol. The van der Waals surface area contributed by atoms with Gasteiger partial charge in [0.15, 0.2) is 5.76 Å². The predicted molar refractivity (Wildman–Crippen MR) is 117 cm³/mol. The highest BCUT2D eigenvalue weighted by atomic mass is 32.2. The molecule has 154 valence electrons. The molecule has 3 aromatic rings. The van der Waals surface area contributed by atoms with Crippen molar-refractivity contribution in [1.82, 2.24) is 0 Å². The van der Waals surface area contributed by atoms with Gasteiger partial charge < -0.3 is 19.8 Å². The Morgan fingerprint density at radius 1 is 0.967 bits per heavy atom. The van der Waals surface area contributed by atoms with Crippen LogP contribution in [0.2, 0.25) is 0 Å². The van der Waals surface area contributed by atoms with Gasteiger partial charge in [0.2, 0.25) is 0 Å². The molecule has 1 saturated heterocycles. The molecule has 0 aliphatic carbocycles.